The van der Waals surface area contributed by atoms with Gasteiger partial charge in [0, 0.05) is 29.1 Å². The summed E-state index contributed by atoms with van der Waals surface area (Å²) >= 11 is 0. The molecular weight excluding hydrogens is 492 g/mol. The first kappa shape index (κ1) is 24.2. The maximum Gasteiger partial charge on any atom is 0.282 e. The lowest BCUT2D eigenvalue weighted by Crippen LogP contribution is -2.56. The van der Waals surface area contributed by atoms with Crippen LogP contribution in [-0.4, -0.2) is 39.9 Å². The summed E-state index contributed by atoms with van der Waals surface area (Å²) in [7, 11) is 0. The summed E-state index contributed by atoms with van der Waals surface area (Å²) in [4.78, 5) is 37.6. The molecule has 0 atom stereocenters. The number of H-pyrrole nitrogens is 1. The fourth-order valence-corrected chi connectivity index (χ4v) is 4.33. The van der Waals surface area contributed by atoms with Gasteiger partial charge in [0.05, 0.1) is 29.7 Å². The minimum atomic E-state index is -2.84. The van der Waals surface area contributed by atoms with Crippen LogP contribution in [0.25, 0.3) is 22.2 Å². The smallest absolute Gasteiger partial charge is 0.282 e. The number of rotatable bonds is 5. The van der Waals surface area contributed by atoms with Crippen LogP contribution in [0.1, 0.15) is 21.6 Å². The largest absolute Gasteiger partial charge is 0.364 e. The standard InChI is InChI=1S/C25H20F4N6O2/c1-11-7-13(17-8-18(36)19-16(32-17)5-6-31-21(19)22(30)37)23(34-24(11)35-9-25(28,29)10-35)33-15-4-3-14(26)20(27)12(15)2/h3-8H,9-10H2,1-2H3,(H2,30,37)(H,32,36)(H,33,34). The van der Waals surface area contributed by atoms with Crippen LogP contribution in [0, 0.1) is 25.5 Å². The number of alkyl halides is 2. The monoisotopic (exact) mass is 512 g/mol. The number of amides is 1. The number of carbonyl (C=O) groups excluding carboxylic acids is 1. The van der Waals surface area contributed by atoms with Crippen LogP contribution in [0.4, 0.5) is 34.9 Å². The van der Waals surface area contributed by atoms with Gasteiger partial charge in [0.1, 0.15) is 17.3 Å². The van der Waals surface area contributed by atoms with Crippen LogP contribution in [0.5, 0.6) is 0 Å². The van der Waals surface area contributed by atoms with Gasteiger partial charge < -0.3 is 20.9 Å². The number of aryl methyl sites for hydroxylation is 1. The van der Waals surface area contributed by atoms with Crippen LogP contribution < -0.4 is 21.4 Å². The van der Waals surface area contributed by atoms with Crippen molar-refractivity contribution in [2.24, 2.45) is 5.73 Å². The van der Waals surface area contributed by atoms with E-state index in [0.29, 0.717) is 11.1 Å². The van der Waals surface area contributed by atoms with Gasteiger partial charge in [-0.05, 0) is 43.7 Å². The summed E-state index contributed by atoms with van der Waals surface area (Å²) < 4.78 is 55.1. The molecule has 0 bridgehead atoms. The number of carbonyl (C=O) groups is 1. The summed E-state index contributed by atoms with van der Waals surface area (Å²) in [5.41, 5.74) is 6.27. The number of fused-ring (bicyclic) bond motifs is 1. The molecule has 0 aliphatic carbocycles. The molecule has 12 heteroatoms. The first-order valence-electron chi connectivity index (χ1n) is 11.1. The number of nitrogens with one attached hydrogen (secondary N) is 2. The molecule has 4 aromatic rings. The van der Waals surface area contributed by atoms with Gasteiger partial charge >= 0.3 is 0 Å². The third-order valence-electron chi connectivity index (χ3n) is 6.19. The molecule has 190 valence electrons. The molecule has 0 saturated carbocycles. The fraction of sp³-hybridized carbons (Fsp3) is 0.200. The van der Waals surface area contributed by atoms with Crippen molar-refractivity contribution in [3.8, 4) is 11.3 Å². The second-order valence-corrected chi connectivity index (χ2v) is 8.89. The Morgan fingerprint density at radius 3 is 2.57 bits per heavy atom. The molecule has 37 heavy (non-hydrogen) atoms. The highest BCUT2D eigenvalue weighted by atomic mass is 19.3. The lowest BCUT2D eigenvalue weighted by Gasteiger charge is -2.40. The number of nitrogens with zero attached hydrogens (tertiary/aromatic N) is 3. The number of hydrogen-bond acceptors (Lipinski definition) is 6. The molecule has 4 N–H and O–H groups in total. The highest BCUT2D eigenvalue weighted by Crippen LogP contribution is 2.38. The Kier molecular flexibility index (Phi) is 5.61. The first-order valence-corrected chi connectivity index (χ1v) is 11.1. The Morgan fingerprint density at radius 2 is 1.89 bits per heavy atom. The van der Waals surface area contributed by atoms with E-state index in [1.54, 1.807) is 13.0 Å². The summed E-state index contributed by atoms with van der Waals surface area (Å²) in [5.74, 6) is -5.39. The summed E-state index contributed by atoms with van der Waals surface area (Å²) in [6, 6.07) is 6.64. The van der Waals surface area contributed by atoms with Crippen LogP contribution >= 0.6 is 0 Å². The topological polar surface area (TPSA) is 117 Å². The van der Waals surface area contributed by atoms with E-state index in [1.165, 1.54) is 36.2 Å². The van der Waals surface area contributed by atoms with Crippen LogP contribution in [-0.2, 0) is 0 Å². The highest BCUT2D eigenvalue weighted by Gasteiger charge is 2.45. The predicted octanol–water partition coefficient (Wildman–Crippen LogP) is 4.18. The molecular formula is C25H20F4N6O2. The molecule has 1 aliphatic heterocycles. The molecule has 1 aliphatic rings. The maximum atomic E-state index is 14.3. The van der Waals surface area contributed by atoms with Crippen molar-refractivity contribution >= 4 is 34.1 Å². The lowest BCUT2D eigenvalue weighted by atomic mass is 10.0. The quantitative estimate of drug-likeness (QED) is 0.346. The zero-order chi connectivity index (χ0) is 26.6. The van der Waals surface area contributed by atoms with Crippen molar-refractivity contribution in [1.29, 1.82) is 0 Å². The minimum Gasteiger partial charge on any atom is -0.364 e. The van der Waals surface area contributed by atoms with Crippen molar-refractivity contribution in [1.82, 2.24) is 15.0 Å². The average molecular weight is 512 g/mol. The number of hydrogen-bond donors (Lipinski definition) is 3. The number of aromatic nitrogens is 3. The van der Waals surface area contributed by atoms with Crippen molar-refractivity contribution in [2.45, 2.75) is 19.8 Å². The van der Waals surface area contributed by atoms with Gasteiger partial charge in [-0.25, -0.2) is 22.5 Å². The van der Waals surface area contributed by atoms with Crippen LogP contribution in [0.15, 0.2) is 41.3 Å². The number of pyridine rings is 3. The number of primary amides is 1. The third-order valence-corrected chi connectivity index (χ3v) is 6.19. The Bertz CT molecular complexity index is 1650. The minimum absolute atomic E-state index is 0.00817. The van der Waals surface area contributed by atoms with Gasteiger partial charge in [-0.1, -0.05) is 0 Å². The van der Waals surface area contributed by atoms with Gasteiger partial charge in [-0.3, -0.25) is 14.6 Å². The molecule has 1 saturated heterocycles. The molecule has 4 heterocycles. The van der Waals surface area contributed by atoms with E-state index in [9.17, 15) is 27.2 Å². The van der Waals surface area contributed by atoms with Crippen molar-refractivity contribution in [3.63, 3.8) is 0 Å². The van der Waals surface area contributed by atoms with Gasteiger partial charge in [0.2, 0.25) is 0 Å². The zero-order valence-corrected chi connectivity index (χ0v) is 19.6. The van der Waals surface area contributed by atoms with E-state index >= 15 is 0 Å². The van der Waals surface area contributed by atoms with Crippen LogP contribution in [0.3, 0.4) is 0 Å². The molecule has 8 nitrogen and oxygen atoms in total. The molecule has 0 unspecified atom stereocenters. The van der Waals surface area contributed by atoms with E-state index in [1.807, 2.05) is 0 Å². The second-order valence-electron chi connectivity index (χ2n) is 8.89. The molecule has 1 aromatic carbocycles. The van der Waals surface area contributed by atoms with Crippen LogP contribution in [0.2, 0.25) is 0 Å². The summed E-state index contributed by atoms with van der Waals surface area (Å²) in [6.45, 7) is 2.03. The molecule has 0 radical (unpaired) electrons. The molecule has 0 spiro atoms. The molecule has 1 amide bonds. The van der Waals surface area contributed by atoms with Gasteiger partial charge in [-0.15, -0.1) is 0 Å². The number of anilines is 3. The number of halogens is 4. The fourth-order valence-electron chi connectivity index (χ4n) is 4.33. The normalized spacial score (nSPS) is 14.5. The predicted molar refractivity (Wildman–Crippen MR) is 130 cm³/mol. The van der Waals surface area contributed by atoms with Crippen molar-refractivity contribution in [3.05, 3.63) is 75.2 Å². The lowest BCUT2D eigenvalue weighted by molar-refractivity contribution is -0.0267. The van der Waals surface area contributed by atoms with E-state index in [-0.39, 0.29) is 45.2 Å². The zero-order valence-electron chi connectivity index (χ0n) is 19.6. The van der Waals surface area contributed by atoms with Gasteiger partial charge in [0.25, 0.3) is 11.8 Å². The van der Waals surface area contributed by atoms with E-state index in [4.69, 9.17) is 5.73 Å². The first-order chi connectivity index (χ1) is 17.4. The Hall–Kier alpha value is -4.48. The SMILES string of the molecule is Cc1cc(-c2cc(=O)c3c(C(N)=O)nccc3[nH]2)c(Nc2ccc(F)c(F)c2C)nc1N1CC(F)(F)C1. The van der Waals surface area contributed by atoms with Gasteiger partial charge in [-0.2, -0.15) is 0 Å². The van der Waals surface area contributed by atoms with Gasteiger partial charge in [0.15, 0.2) is 17.1 Å². The van der Waals surface area contributed by atoms with E-state index in [0.717, 1.165) is 6.07 Å². The molecule has 1 fully saturated rings. The van der Waals surface area contributed by atoms with E-state index in [2.05, 4.69) is 20.3 Å². The Balaban J connectivity index is 1.69. The number of aromatic amines is 1. The summed E-state index contributed by atoms with van der Waals surface area (Å²) in [5, 5.41) is 2.96. The third kappa shape index (κ3) is 4.24. The van der Waals surface area contributed by atoms with Crippen molar-refractivity contribution in [2.75, 3.05) is 23.3 Å². The average Bonchev–Trinajstić information content (AvgIpc) is 2.83. The van der Waals surface area contributed by atoms with E-state index < -0.39 is 42.0 Å². The molecule has 5 rings (SSSR count). The Labute approximate surface area is 207 Å². The number of nitrogens with two attached hydrogens (primary N) is 1. The molecule has 3 aromatic heterocycles. The highest BCUT2D eigenvalue weighted by molar-refractivity contribution is 6.03. The Morgan fingerprint density at radius 1 is 1.16 bits per heavy atom. The maximum absolute atomic E-state index is 14.3. The second kappa shape index (κ2) is 8.57. The van der Waals surface area contributed by atoms with Crippen molar-refractivity contribution < 1.29 is 22.4 Å². The number of benzene rings is 1. The summed E-state index contributed by atoms with van der Waals surface area (Å²) in [6.07, 6.45) is 1.32.